The molecule has 8 aromatic rings. The van der Waals surface area contributed by atoms with Crippen LogP contribution in [0.3, 0.4) is 0 Å². The number of para-hydroxylation sites is 1. The lowest BCUT2D eigenvalue weighted by Crippen LogP contribution is -2.41. The van der Waals surface area contributed by atoms with E-state index in [4.69, 9.17) is 9.31 Å². The van der Waals surface area contributed by atoms with E-state index in [1.807, 2.05) is 0 Å². The van der Waals surface area contributed by atoms with Crippen LogP contribution in [0.15, 0.2) is 194 Å². The first kappa shape index (κ1) is 35.7. The summed E-state index contributed by atoms with van der Waals surface area (Å²) in [4.78, 5) is 2.44. The van der Waals surface area contributed by atoms with Gasteiger partial charge in [-0.05, 0) is 125 Å². The molecular weight excluding hydrogens is 717 g/mol. The summed E-state index contributed by atoms with van der Waals surface area (Å²) in [5, 5.41) is 0. The minimum Gasteiger partial charge on any atom is -0.399 e. The van der Waals surface area contributed by atoms with Gasteiger partial charge in [0.1, 0.15) is 0 Å². The van der Waals surface area contributed by atoms with E-state index in [9.17, 15) is 0 Å². The standard InChI is InChI=1S/C55H44BNO2/c1-53(2)54(3,4)59-56(58-53)40-30-26-37(27-31-40)38-28-32-41(33-29-38)57(52-25-15-11-18-43(52)39-16-6-5-7-17-39)42-34-35-47-46-21-10-14-24-50(46)55(51(47)36-42)48-22-12-8-19-44(48)45-20-9-13-23-49(45)55/h5-36H,1-4H3. The van der Waals surface area contributed by atoms with Crippen LogP contribution in [-0.2, 0) is 14.7 Å². The number of benzene rings is 8. The van der Waals surface area contributed by atoms with Crippen molar-refractivity contribution >= 4 is 29.6 Å². The van der Waals surface area contributed by atoms with E-state index in [1.165, 1.54) is 55.6 Å². The Morgan fingerprint density at radius 3 is 1.37 bits per heavy atom. The fourth-order valence-corrected chi connectivity index (χ4v) is 9.79. The summed E-state index contributed by atoms with van der Waals surface area (Å²) in [6.07, 6.45) is 0. The molecule has 0 N–H and O–H groups in total. The van der Waals surface area contributed by atoms with E-state index in [1.54, 1.807) is 0 Å². The SMILES string of the molecule is CC1(C)OB(c2ccc(-c3ccc(N(c4ccc5c(c4)C4(c6ccccc6-c6ccccc64)c4ccccc4-5)c4ccccc4-c4ccccc4)cc3)cc2)OC1(C)C. The number of nitrogens with zero attached hydrogens (tertiary/aromatic N) is 1. The normalized spacial score (nSPS) is 16.0. The number of hydrogen-bond acceptors (Lipinski definition) is 3. The number of hydrogen-bond donors (Lipinski definition) is 0. The maximum absolute atomic E-state index is 6.35. The van der Waals surface area contributed by atoms with Crippen LogP contribution in [-0.4, -0.2) is 18.3 Å². The molecule has 1 spiro atoms. The van der Waals surface area contributed by atoms with Gasteiger partial charge in [-0.15, -0.1) is 0 Å². The van der Waals surface area contributed by atoms with Gasteiger partial charge in [0.25, 0.3) is 0 Å². The zero-order valence-electron chi connectivity index (χ0n) is 33.8. The van der Waals surface area contributed by atoms with Gasteiger partial charge in [-0.1, -0.05) is 164 Å². The quantitative estimate of drug-likeness (QED) is 0.158. The number of fused-ring (bicyclic) bond motifs is 10. The molecule has 4 heteroatoms. The van der Waals surface area contributed by atoms with Crippen molar-refractivity contribution < 1.29 is 9.31 Å². The van der Waals surface area contributed by atoms with Crippen molar-refractivity contribution in [1.29, 1.82) is 0 Å². The molecule has 8 aromatic carbocycles. The molecule has 1 fully saturated rings. The molecule has 0 amide bonds. The Balaban J connectivity index is 1.06. The highest BCUT2D eigenvalue weighted by Gasteiger charge is 2.53. The first-order chi connectivity index (χ1) is 28.7. The second-order valence-corrected chi connectivity index (χ2v) is 17.1. The van der Waals surface area contributed by atoms with E-state index < -0.39 is 5.41 Å². The van der Waals surface area contributed by atoms with Crippen molar-refractivity contribution in [3.63, 3.8) is 0 Å². The Morgan fingerprint density at radius 1 is 0.373 bits per heavy atom. The minimum atomic E-state index is -0.435. The van der Waals surface area contributed by atoms with E-state index in [0.29, 0.717) is 0 Å². The predicted molar refractivity (Wildman–Crippen MR) is 244 cm³/mol. The zero-order valence-corrected chi connectivity index (χ0v) is 33.8. The van der Waals surface area contributed by atoms with Gasteiger partial charge in [-0.2, -0.15) is 0 Å². The van der Waals surface area contributed by atoms with Crippen LogP contribution in [0.1, 0.15) is 49.9 Å². The van der Waals surface area contributed by atoms with Crippen LogP contribution < -0.4 is 10.4 Å². The van der Waals surface area contributed by atoms with Crippen LogP contribution in [0.2, 0.25) is 0 Å². The summed E-state index contributed by atoms with van der Waals surface area (Å²) in [7, 11) is -0.389. The lowest BCUT2D eigenvalue weighted by Gasteiger charge is -2.32. The Labute approximate surface area is 347 Å². The second-order valence-electron chi connectivity index (χ2n) is 17.1. The second kappa shape index (κ2) is 13.3. The van der Waals surface area contributed by atoms with Crippen molar-refractivity contribution in [3.8, 4) is 44.5 Å². The summed E-state index contributed by atoms with van der Waals surface area (Å²) in [5.41, 5.74) is 18.3. The third-order valence-electron chi connectivity index (χ3n) is 13.4. The van der Waals surface area contributed by atoms with Gasteiger partial charge in [-0.3, -0.25) is 0 Å². The van der Waals surface area contributed by atoms with Crippen molar-refractivity contribution in [2.24, 2.45) is 0 Å². The molecule has 0 aromatic heterocycles. The molecule has 59 heavy (non-hydrogen) atoms. The number of anilines is 3. The summed E-state index contributed by atoms with van der Waals surface area (Å²) in [6.45, 7) is 8.38. The average Bonchev–Trinajstić information content (AvgIpc) is 3.83. The molecule has 0 bridgehead atoms. The first-order valence-electron chi connectivity index (χ1n) is 20.7. The topological polar surface area (TPSA) is 21.7 Å². The van der Waals surface area contributed by atoms with Crippen molar-refractivity contribution in [1.82, 2.24) is 0 Å². The van der Waals surface area contributed by atoms with Gasteiger partial charge in [0.15, 0.2) is 0 Å². The van der Waals surface area contributed by atoms with Gasteiger partial charge < -0.3 is 14.2 Å². The van der Waals surface area contributed by atoms with Gasteiger partial charge in [-0.25, -0.2) is 0 Å². The highest BCUT2D eigenvalue weighted by atomic mass is 16.7. The van der Waals surface area contributed by atoms with E-state index in [0.717, 1.165) is 33.7 Å². The van der Waals surface area contributed by atoms with Gasteiger partial charge >= 0.3 is 7.12 Å². The Hall–Kier alpha value is -6.46. The Bertz CT molecular complexity index is 2820. The molecule has 0 unspecified atom stereocenters. The molecule has 1 aliphatic heterocycles. The molecule has 1 heterocycles. The maximum Gasteiger partial charge on any atom is 0.494 e. The van der Waals surface area contributed by atoms with Gasteiger partial charge in [0.2, 0.25) is 0 Å². The van der Waals surface area contributed by atoms with E-state index in [-0.39, 0.29) is 18.3 Å². The van der Waals surface area contributed by atoms with E-state index in [2.05, 4.69) is 227 Å². The molecule has 0 atom stereocenters. The minimum absolute atomic E-state index is 0.382. The molecule has 11 rings (SSSR count). The van der Waals surface area contributed by atoms with Crippen LogP contribution in [0.5, 0.6) is 0 Å². The fraction of sp³-hybridized carbons (Fsp3) is 0.127. The molecule has 0 radical (unpaired) electrons. The molecule has 284 valence electrons. The number of rotatable bonds is 6. The van der Waals surface area contributed by atoms with Crippen molar-refractivity contribution in [2.75, 3.05) is 4.90 Å². The average molecular weight is 762 g/mol. The Morgan fingerprint density at radius 2 is 0.814 bits per heavy atom. The summed E-state index contributed by atoms with van der Waals surface area (Å²) >= 11 is 0. The molecule has 3 nitrogen and oxygen atoms in total. The highest BCUT2D eigenvalue weighted by Crippen LogP contribution is 2.63. The summed E-state index contributed by atoms with van der Waals surface area (Å²) in [5.74, 6) is 0. The largest absolute Gasteiger partial charge is 0.494 e. The fourth-order valence-electron chi connectivity index (χ4n) is 9.79. The molecule has 1 saturated heterocycles. The summed E-state index contributed by atoms with van der Waals surface area (Å²) < 4.78 is 12.7. The molecular formula is C55H44BNO2. The third kappa shape index (κ3) is 5.37. The van der Waals surface area contributed by atoms with Crippen LogP contribution in [0.25, 0.3) is 44.5 Å². The zero-order chi connectivity index (χ0) is 39.9. The van der Waals surface area contributed by atoms with Gasteiger partial charge in [0, 0.05) is 16.9 Å². The smallest absolute Gasteiger partial charge is 0.399 e. The lowest BCUT2D eigenvalue weighted by molar-refractivity contribution is 0.00578. The van der Waals surface area contributed by atoms with Crippen LogP contribution in [0.4, 0.5) is 17.1 Å². The van der Waals surface area contributed by atoms with Crippen LogP contribution >= 0.6 is 0 Å². The predicted octanol–water partition coefficient (Wildman–Crippen LogP) is 13.1. The Kier molecular flexibility index (Phi) is 8.04. The molecule has 3 aliphatic rings. The highest BCUT2D eigenvalue weighted by molar-refractivity contribution is 6.62. The molecule has 0 saturated carbocycles. The summed E-state index contributed by atoms with van der Waals surface area (Å²) in [6, 6.07) is 71.3. The van der Waals surface area contributed by atoms with Crippen LogP contribution in [0, 0.1) is 0 Å². The monoisotopic (exact) mass is 761 g/mol. The van der Waals surface area contributed by atoms with Crippen molar-refractivity contribution in [2.45, 2.75) is 44.3 Å². The lowest BCUT2D eigenvalue weighted by atomic mass is 9.70. The van der Waals surface area contributed by atoms with E-state index >= 15 is 0 Å². The maximum atomic E-state index is 6.35. The third-order valence-corrected chi connectivity index (χ3v) is 13.4. The first-order valence-corrected chi connectivity index (χ1v) is 20.7. The van der Waals surface area contributed by atoms with Crippen molar-refractivity contribution in [3.05, 3.63) is 216 Å². The molecule has 2 aliphatic carbocycles. The van der Waals surface area contributed by atoms with Gasteiger partial charge in [0.05, 0.1) is 22.3 Å².